The number of rotatable bonds is 5. The van der Waals surface area contributed by atoms with Crippen molar-refractivity contribution in [3.8, 4) is 0 Å². The van der Waals surface area contributed by atoms with Crippen molar-refractivity contribution in [1.29, 1.82) is 10.8 Å². The molecule has 8 nitrogen and oxygen atoms in total. The van der Waals surface area contributed by atoms with Crippen molar-refractivity contribution in [2.45, 2.75) is 6.92 Å². The molecule has 0 aromatic heterocycles. The highest BCUT2D eigenvalue weighted by molar-refractivity contribution is 6.06. The summed E-state index contributed by atoms with van der Waals surface area (Å²) >= 11 is 0. The fourth-order valence-corrected chi connectivity index (χ4v) is 0.632. The van der Waals surface area contributed by atoms with E-state index in [4.69, 9.17) is 27.4 Å². The number of hydrogen-bond acceptors (Lipinski definition) is 4. The molecular formula is C6H14N6O2. The average Bonchev–Trinajstić information content (AvgIpc) is 2.02. The highest BCUT2D eigenvalue weighted by atomic mass is 16.4. The van der Waals surface area contributed by atoms with E-state index < -0.39 is 11.5 Å². The quantitative estimate of drug-likeness (QED) is 0.166. The molecule has 1 amide bonds. The molecule has 0 aromatic rings. The van der Waals surface area contributed by atoms with Crippen LogP contribution >= 0.6 is 0 Å². The van der Waals surface area contributed by atoms with E-state index in [1.165, 1.54) is 6.92 Å². The van der Waals surface area contributed by atoms with E-state index in [1.54, 1.807) is 0 Å². The van der Waals surface area contributed by atoms with Crippen molar-refractivity contribution in [3.63, 3.8) is 0 Å². The summed E-state index contributed by atoms with van der Waals surface area (Å²) in [5, 5.41) is 22.7. The second kappa shape index (κ2) is 4.42. The number of hydrogen-bond donors (Lipinski definition) is 7. The van der Waals surface area contributed by atoms with Crippen molar-refractivity contribution in [1.82, 2.24) is 10.9 Å². The minimum Gasteiger partial charge on any atom is -0.464 e. The Kier molecular flexibility index (Phi) is 3.84. The topological polar surface area (TPSA) is 161 Å². The molecule has 0 spiro atoms. The van der Waals surface area contributed by atoms with Crippen molar-refractivity contribution >= 4 is 17.8 Å². The maximum Gasteiger partial charge on any atom is 0.419 e. The van der Waals surface area contributed by atoms with Crippen molar-refractivity contribution < 1.29 is 9.90 Å². The monoisotopic (exact) mass is 202 g/mol. The SMILES string of the molecule is CC(CNNC(=O)O)(C(=N)N)C(=N)N. The largest absolute Gasteiger partial charge is 0.464 e. The van der Waals surface area contributed by atoms with Gasteiger partial charge >= 0.3 is 6.09 Å². The van der Waals surface area contributed by atoms with Gasteiger partial charge in [0.1, 0.15) is 11.7 Å². The molecule has 80 valence electrons. The molecule has 0 aliphatic heterocycles. The third-order valence-corrected chi connectivity index (χ3v) is 1.83. The minimum atomic E-state index is -1.26. The Bertz CT molecular complexity index is 249. The van der Waals surface area contributed by atoms with E-state index in [9.17, 15) is 4.79 Å². The van der Waals surface area contributed by atoms with Gasteiger partial charge in [0, 0.05) is 6.54 Å². The minimum absolute atomic E-state index is 0.0516. The molecule has 0 unspecified atom stereocenters. The van der Waals surface area contributed by atoms with E-state index in [1.807, 2.05) is 5.43 Å². The molecule has 9 N–H and O–H groups in total. The first-order chi connectivity index (χ1) is 6.30. The van der Waals surface area contributed by atoms with Crippen LogP contribution in [0.5, 0.6) is 0 Å². The summed E-state index contributed by atoms with van der Waals surface area (Å²) in [6.45, 7) is 1.41. The first kappa shape index (κ1) is 12.2. The molecule has 0 aliphatic rings. The fourth-order valence-electron chi connectivity index (χ4n) is 0.632. The Hall–Kier alpha value is -1.83. The zero-order valence-corrected chi connectivity index (χ0v) is 7.72. The lowest BCUT2D eigenvalue weighted by Gasteiger charge is -2.26. The van der Waals surface area contributed by atoms with Crippen LogP contribution in [0, 0.1) is 16.2 Å². The Labute approximate surface area is 80.6 Å². The van der Waals surface area contributed by atoms with E-state index in [2.05, 4.69) is 5.43 Å². The summed E-state index contributed by atoms with van der Waals surface area (Å²) in [7, 11) is 0. The highest BCUT2D eigenvalue weighted by Gasteiger charge is 2.31. The van der Waals surface area contributed by atoms with Crippen LogP contribution in [0.25, 0.3) is 0 Å². The van der Waals surface area contributed by atoms with Crippen LogP contribution in [-0.2, 0) is 0 Å². The van der Waals surface area contributed by atoms with Crippen molar-refractivity contribution in [2.75, 3.05) is 6.54 Å². The third-order valence-electron chi connectivity index (χ3n) is 1.83. The molecule has 0 rings (SSSR count). The van der Waals surface area contributed by atoms with Gasteiger partial charge in [-0.3, -0.25) is 16.2 Å². The van der Waals surface area contributed by atoms with Gasteiger partial charge in [0.15, 0.2) is 0 Å². The first-order valence-corrected chi connectivity index (χ1v) is 3.71. The van der Waals surface area contributed by atoms with Crippen LogP contribution in [0.15, 0.2) is 0 Å². The number of amides is 1. The molecule has 0 heterocycles. The Morgan fingerprint density at radius 3 is 2.14 bits per heavy atom. The fraction of sp³-hybridized carbons (Fsp3) is 0.500. The molecule has 0 aromatic carbocycles. The summed E-state index contributed by atoms with van der Waals surface area (Å²) in [5.41, 5.74) is 13.5. The summed E-state index contributed by atoms with van der Waals surface area (Å²) in [5.74, 6) is -0.602. The standard InChI is InChI=1S/C6H14N6O2/c1-6(3(7)8,4(9)10)2-11-12-5(13)14/h11-12H,2H2,1H3,(H3,7,8)(H3,9,10)(H,13,14). The van der Waals surface area contributed by atoms with Crippen LogP contribution < -0.4 is 22.3 Å². The lowest BCUT2D eigenvalue weighted by molar-refractivity contribution is 0.188. The number of nitrogens with two attached hydrogens (primary N) is 2. The van der Waals surface area contributed by atoms with Crippen LogP contribution in [0.2, 0.25) is 0 Å². The average molecular weight is 202 g/mol. The summed E-state index contributed by atoms with van der Waals surface area (Å²) < 4.78 is 0. The first-order valence-electron chi connectivity index (χ1n) is 3.71. The van der Waals surface area contributed by atoms with Gasteiger partial charge in [0.05, 0.1) is 5.41 Å². The summed E-state index contributed by atoms with van der Waals surface area (Å²) in [4.78, 5) is 10.1. The van der Waals surface area contributed by atoms with Gasteiger partial charge in [-0.2, -0.15) is 0 Å². The van der Waals surface area contributed by atoms with E-state index in [0.29, 0.717) is 0 Å². The summed E-state index contributed by atoms with van der Waals surface area (Å²) in [6, 6.07) is 0. The molecule has 0 bridgehead atoms. The molecule has 0 radical (unpaired) electrons. The van der Waals surface area contributed by atoms with Gasteiger partial charge in [0.2, 0.25) is 0 Å². The zero-order valence-electron chi connectivity index (χ0n) is 7.72. The lowest BCUT2D eigenvalue weighted by Crippen LogP contribution is -2.54. The molecule has 14 heavy (non-hydrogen) atoms. The number of amidine groups is 2. The number of hydrazine groups is 1. The molecule has 0 saturated carbocycles. The smallest absolute Gasteiger partial charge is 0.419 e. The Morgan fingerprint density at radius 2 is 1.86 bits per heavy atom. The van der Waals surface area contributed by atoms with Crippen LogP contribution in [0.3, 0.4) is 0 Å². The molecule has 0 atom stereocenters. The Morgan fingerprint density at radius 1 is 1.43 bits per heavy atom. The van der Waals surface area contributed by atoms with E-state index in [0.717, 1.165) is 0 Å². The van der Waals surface area contributed by atoms with Gasteiger partial charge in [0.25, 0.3) is 0 Å². The highest BCUT2D eigenvalue weighted by Crippen LogP contribution is 2.13. The van der Waals surface area contributed by atoms with E-state index in [-0.39, 0.29) is 18.2 Å². The van der Waals surface area contributed by atoms with Crippen LogP contribution in [-0.4, -0.2) is 29.4 Å². The van der Waals surface area contributed by atoms with E-state index >= 15 is 0 Å². The van der Waals surface area contributed by atoms with Gasteiger partial charge in [-0.1, -0.05) is 0 Å². The molecular weight excluding hydrogens is 188 g/mol. The predicted molar refractivity (Wildman–Crippen MR) is 51.1 cm³/mol. The maximum atomic E-state index is 10.1. The number of nitrogens with one attached hydrogen (secondary N) is 4. The van der Waals surface area contributed by atoms with Crippen molar-refractivity contribution in [2.24, 2.45) is 16.9 Å². The predicted octanol–water partition coefficient (Wildman–Crippen LogP) is -1.36. The molecule has 0 saturated heterocycles. The number of carboxylic acid groups (broad SMARTS) is 1. The third kappa shape index (κ3) is 2.90. The molecule has 0 fully saturated rings. The molecule has 8 heteroatoms. The van der Waals surface area contributed by atoms with Gasteiger partial charge in [-0.05, 0) is 6.92 Å². The number of carbonyl (C=O) groups is 1. The zero-order chi connectivity index (χ0) is 11.4. The Balaban J connectivity index is 4.32. The van der Waals surface area contributed by atoms with Crippen LogP contribution in [0.1, 0.15) is 6.92 Å². The second-order valence-corrected chi connectivity index (χ2v) is 2.94. The maximum absolute atomic E-state index is 10.1. The van der Waals surface area contributed by atoms with Gasteiger partial charge < -0.3 is 16.6 Å². The van der Waals surface area contributed by atoms with Gasteiger partial charge in [-0.15, -0.1) is 0 Å². The van der Waals surface area contributed by atoms with Crippen LogP contribution in [0.4, 0.5) is 4.79 Å². The normalized spacial score (nSPS) is 14.1. The second-order valence-electron chi connectivity index (χ2n) is 2.94. The lowest BCUT2D eigenvalue weighted by atomic mass is 9.88. The molecule has 0 aliphatic carbocycles. The van der Waals surface area contributed by atoms with Crippen molar-refractivity contribution in [3.05, 3.63) is 0 Å². The van der Waals surface area contributed by atoms with Gasteiger partial charge in [-0.25, -0.2) is 10.2 Å². The summed E-state index contributed by atoms with van der Waals surface area (Å²) in [6.07, 6.45) is -1.26.